The second kappa shape index (κ2) is 8.61. The third kappa shape index (κ3) is 4.34. The zero-order chi connectivity index (χ0) is 18.7. The fourth-order valence-corrected chi connectivity index (χ4v) is 6.07. The molecule has 0 saturated carbocycles. The minimum Gasteiger partial charge on any atom is -0.508 e. The number of phenols is 1. The van der Waals surface area contributed by atoms with Gasteiger partial charge >= 0.3 is 0 Å². The van der Waals surface area contributed by atoms with Gasteiger partial charge in [-0.3, -0.25) is 9.69 Å². The van der Waals surface area contributed by atoms with Gasteiger partial charge in [0.05, 0.1) is 4.88 Å². The molecule has 0 aliphatic carbocycles. The quantitative estimate of drug-likeness (QED) is 0.577. The van der Waals surface area contributed by atoms with Crippen LogP contribution in [0.1, 0.15) is 30.9 Å². The molecule has 1 aromatic carbocycles. The molecule has 1 fully saturated rings. The first kappa shape index (κ1) is 19.5. The Morgan fingerprint density at radius 3 is 2.58 bits per heavy atom. The molecule has 1 amide bonds. The molecule has 1 saturated heterocycles. The monoisotopic (exact) mass is 408 g/mol. The van der Waals surface area contributed by atoms with Crippen LogP contribution in [0.25, 0.3) is 10.4 Å². The number of amides is 1. The Morgan fingerprint density at radius 2 is 1.96 bits per heavy atom. The molecule has 1 aromatic heterocycles. The maximum absolute atomic E-state index is 12.0. The van der Waals surface area contributed by atoms with Crippen LogP contribution in [0.4, 0.5) is 0 Å². The number of carbonyl (C=O) groups excluding carboxylic acids is 1. The number of hydrogen-bond donors (Lipinski definition) is 1. The highest BCUT2D eigenvalue weighted by Gasteiger charge is 2.21. The van der Waals surface area contributed by atoms with E-state index < -0.39 is 0 Å². The average molecular weight is 409 g/mol. The lowest BCUT2D eigenvalue weighted by Crippen LogP contribution is -2.48. The van der Waals surface area contributed by atoms with E-state index in [0.717, 1.165) is 53.1 Å². The largest absolute Gasteiger partial charge is 0.508 e. The molecule has 0 unspecified atom stereocenters. The maximum atomic E-state index is 12.0. The summed E-state index contributed by atoms with van der Waals surface area (Å²) in [6.07, 6.45) is 1.53. The van der Waals surface area contributed by atoms with Crippen LogP contribution in [0, 0.1) is 10.7 Å². The van der Waals surface area contributed by atoms with Crippen molar-refractivity contribution in [3.63, 3.8) is 0 Å². The van der Waals surface area contributed by atoms with E-state index in [-0.39, 0.29) is 5.91 Å². The SMILES string of the molecule is CCCC(=O)N1CCN(Cc2cc(-c3ssc(=S)c3C)ccc2O)CC1. The van der Waals surface area contributed by atoms with Gasteiger partial charge in [-0.1, -0.05) is 39.8 Å². The predicted octanol–water partition coefficient (Wildman–Crippen LogP) is 4.66. The predicted molar refractivity (Wildman–Crippen MR) is 112 cm³/mol. The molecule has 1 aliphatic rings. The summed E-state index contributed by atoms with van der Waals surface area (Å²) in [7, 11) is 3.32. The van der Waals surface area contributed by atoms with Crippen LogP contribution in [-0.4, -0.2) is 47.0 Å². The first-order valence-electron chi connectivity index (χ1n) is 8.91. The van der Waals surface area contributed by atoms with Gasteiger partial charge in [0.25, 0.3) is 0 Å². The van der Waals surface area contributed by atoms with Gasteiger partial charge in [-0.05, 0) is 42.7 Å². The molecule has 0 radical (unpaired) electrons. The van der Waals surface area contributed by atoms with Gasteiger partial charge in [0.15, 0.2) is 0 Å². The topological polar surface area (TPSA) is 43.8 Å². The molecule has 2 aromatic rings. The first-order valence-corrected chi connectivity index (χ1v) is 11.5. The van der Waals surface area contributed by atoms with E-state index in [1.807, 2.05) is 17.9 Å². The molecule has 2 heterocycles. The first-order chi connectivity index (χ1) is 12.5. The second-order valence-corrected chi connectivity index (χ2v) is 9.48. The van der Waals surface area contributed by atoms with E-state index in [4.69, 9.17) is 12.2 Å². The molecule has 1 N–H and O–H groups in total. The van der Waals surface area contributed by atoms with Crippen molar-refractivity contribution in [2.45, 2.75) is 33.2 Å². The molecular weight excluding hydrogens is 384 g/mol. The van der Waals surface area contributed by atoms with E-state index in [9.17, 15) is 9.90 Å². The number of carbonyl (C=O) groups is 1. The van der Waals surface area contributed by atoms with Gasteiger partial charge < -0.3 is 10.0 Å². The normalized spacial score (nSPS) is 15.4. The highest BCUT2D eigenvalue weighted by molar-refractivity contribution is 7.80. The zero-order valence-corrected chi connectivity index (χ0v) is 17.6. The summed E-state index contributed by atoms with van der Waals surface area (Å²) in [6, 6.07) is 5.81. The van der Waals surface area contributed by atoms with E-state index in [1.165, 1.54) is 4.88 Å². The van der Waals surface area contributed by atoms with E-state index in [0.29, 0.717) is 18.7 Å². The Kier molecular flexibility index (Phi) is 6.45. The summed E-state index contributed by atoms with van der Waals surface area (Å²) in [6.45, 7) is 8.02. The van der Waals surface area contributed by atoms with Crippen molar-refractivity contribution in [2.24, 2.45) is 0 Å². The van der Waals surface area contributed by atoms with E-state index in [2.05, 4.69) is 17.9 Å². The third-order valence-corrected chi connectivity index (χ3v) is 8.14. The van der Waals surface area contributed by atoms with Gasteiger partial charge in [0.1, 0.15) is 9.57 Å². The van der Waals surface area contributed by atoms with Crippen LogP contribution in [0.2, 0.25) is 0 Å². The standard InChI is InChI=1S/C19H24N2O2S3/c1-3-4-17(23)21-9-7-20(8-10-21)12-15-11-14(5-6-16(15)22)18-13(2)19(24)26-25-18/h5-6,11,22H,3-4,7-10,12H2,1-2H3. The van der Waals surface area contributed by atoms with E-state index >= 15 is 0 Å². The summed E-state index contributed by atoms with van der Waals surface area (Å²) in [5.41, 5.74) is 3.19. The Hall–Kier alpha value is -1.28. The average Bonchev–Trinajstić information content (AvgIpc) is 2.97. The Bertz CT molecular complexity index is 836. The van der Waals surface area contributed by atoms with Crippen LogP contribution >= 0.6 is 32.9 Å². The maximum Gasteiger partial charge on any atom is 0.222 e. The molecule has 3 rings (SSSR count). The Morgan fingerprint density at radius 1 is 1.23 bits per heavy atom. The fourth-order valence-electron chi connectivity index (χ4n) is 3.18. The van der Waals surface area contributed by atoms with Crippen molar-refractivity contribution < 1.29 is 9.90 Å². The van der Waals surface area contributed by atoms with Gasteiger partial charge in [-0.15, -0.1) is 0 Å². The number of phenolic OH excluding ortho intramolecular Hbond substituents is 1. The minimum absolute atomic E-state index is 0.256. The van der Waals surface area contributed by atoms with Crippen molar-refractivity contribution >= 4 is 38.8 Å². The summed E-state index contributed by atoms with van der Waals surface area (Å²) in [4.78, 5) is 17.5. The lowest BCUT2D eigenvalue weighted by atomic mass is 10.1. The number of aromatic hydroxyl groups is 1. The van der Waals surface area contributed by atoms with Crippen molar-refractivity contribution in [3.8, 4) is 16.2 Å². The molecule has 26 heavy (non-hydrogen) atoms. The summed E-state index contributed by atoms with van der Waals surface area (Å²) >= 11 is 5.35. The molecule has 7 heteroatoms. The fraction of sp³-hybridized carbons (Fsp3) is 0.474. The molecule has 0 atom stereocenters. The number of nitrogens with zero attached hydrogens (tertiary/aromatic N) is 2. The molecular formula is C19H24N2O2S3. The van der Waals surface area contributed by atoms with Crippen molar-refractivity contribution in [2.75, 3.05) is 26.2 Å². The highest BCUT2D eigenvalue weighted by atomic mass is 32.9. The Balaban J connectivity index is 1.69. The number of rotatable bonds is 5. The highest BCUT2D eigenvalue weighted by Crippen LogP contribution is 2.36. The Labute approximate surface area is 167 Å². The van der Waals surface area contributed by atoms with Gasteiger partial charge in [0, 0.05) is 44.7 Å². The summed E-state index contributed by atoms with van der Waals surface area (Å²) < 4.78 is 0.937. The lowest BCUT2D eigenvalue weighted by molar-refractivity contribution is -0.133. The molecule has 140 valence electrons. The van der Waals surface area contributed by atoms with Crippen molar-refractivity contribution in [1.29, 1.82) is 0 Å². The lowest BCUT2D eigenvalue weighted by Gasteiger charge is -2.35. The second-order valence-electron chi connectivity index (χ2n) is 6.66. The van der Waals surface area contributed by atoms with Crippen molar-refractivity contribution in [3.05, 3.63) is 33.1 Å². The van der Waals surface area contributed by atoms with E-state index in [1.54, 1.807) is 26.7 Å². The van der Waals surface area contributed by atoms with Crippen LogP contribution in [-0.2, 0) is 11.3 Å². The van der Waals surface area contributed by atoms with Gasteiger partial charge in [-0.2, -0.15) is 0 Å². The van der Waals surface area contributed by atoms with Crippen LogP contribution < -0.4 is 0 Å². The third-order valence-electron chi connectivity index (χ3n) is 4.77. The molecule has 1 aliphatic heterocycles. The van der Waals surface area contributed by atoms with Gasteiger partial charge in [0.2, 0.25) is 5.91 Å². The minimum atomic E-state index is 0.256. The smallest absolute Gasteiger partial charge is 0.222 e. The number of benzene rings is 1. The van der Waals surface area contributed by atoms with Crippen LogP contribution in [0.15, 0.2) is 18.2 Å². The molecule has 0 spiro atoms. The summed E-state index contributed by atoms with van der Waals surface area (Å²) in [5.74, 6) is 0.584. The van der Waals surface area contributed by atoms with Crippen LogP contribution in [0.5, 0.6) is 5.75 Å². The number of piperazine rings is 1. The molecule has 0 bridgehead atoms. The van der Waals surface area contributed by atoms with Crippen molar-refractivity contribution in [1.82, 2.24) is 9.80 Å². The van der Waals surface area contributed by atoms with Crippen LogP contribution in [0.3, 0.4) is 0 Å². The molecule has 4 nitrogen and oxygen atoms in total. The number of hydrogen-bond acceptors (Lipinski definition) is 6. The van der Waals surface area contributed by atoms with Gasteiger partial charge in [-0.25, -0.2) is 0 Å². The zero-order valence-electron chi connectivity index (χ0n) is 15.2. The summed E-state index contributed by atoms with van der Waals surface area (Å²) in [5, 5.41) is 10.3.